The summed E-state index contributed by atoms with van der Waals surface area (Å²) in [6.07, 6.45) is 5.81. The Labute approximate surface area is 181 Å². The number of pyridine rings is 1. The van der Waals surface area contributed by atoms with Crippen molar-refractivity contribution in [3.8, 4) is 22.9 Å². The lowest BCUT2D eigenvalue weighted by Gasteiger charge is -2.32. The number of nitriles is 1. The Bertz CT molecular complexity index is 1040. The summed E-state index contributed by atoms with van der Waals surface area (Å²) in [4.78, 5) is 6.70. The minimum atomic E-state index is 0.479. The van der Waals surface area contributed by atoms with Crippen LogP contribution in [-0.2, 0) is 4.74 Å². The predicted molar refractivity (Wildman–Crippen MR) is 117 cm³/mol. The van der Waals surface area contributed by atoms with Gasteiger partial charge < -0.3 is 14.4 Å². The Kier molecular flexibility index (Phi) is 6.53. The molecule has 4 rings (SSSR count). The van der Waals surface area contributed by atoms with Gasteiger partial charge in [0.15, 0.2) is 0 Å². The van der Waals surface area contributed by atoms with Gasteiger partial charge in [0.05, 0.1) is 31.0 Å². The standard InChI is InChI=1S/C23H25ClN4O2/c1-29-10-9-27-8-2-3-18(14-27)15-30-22-11-20(19-6-4-17(12-25)5-7-19)23(24)28-16-26-13-21(22)28/h4-7,11,13,16,18H,2-3,8-10,14-15H2,1H3. The van der Waals surface area contributed by atoms with E-state index in [-0.39, 0.29) is 0 Å². The van der Waals surface area contributed by atoms with Gasteiger partial charge in [0.1, 0.15) is 22.7 Å². The molecule has 1 saturated heterocycles. The highest BCUT2D eigenvalue weighted by molar-refractivity contribution is 6.32. The minimum absolute atomic E-state index is 0.479. The number of hydrogen-bond donors (Lipinski definition) is 0. The molecule has 1 aliphatic rings. The van der Waals surface area contributed by atoms with Crippen molar-refractivity contribution in [2.45, 2.75) is 12.8 Å². The van der Waals surface area contributed by atoms with Crippen molar-refractivity contribution in [2.24, 2.45) is 5.92 Å². The Morgan fingerprint density at radius 2 is 2.13 bits per heavy atom. The smallest absolute Gasteiger partial charge is 0.145 e. The maximum atomic E-state index is 9.05. The number of fused-ring (bicyclic) bond motifs is 1. The zero-order chi connectivity index (χ0) is 20.9. The van der Waals surface area contributed by atoms with Gasteiger partial charge in [-0.25, -0.2) is 4.98 Å². The molecule has 0 radical (unpaired) electrons. The fraction of sp³-hybridized carbons (Fsp3) is 0.391. The number of rotatable bonds is 7. The lowest BCUT2D eigenvalue weighted by atomic mass is 9.99. The number of piperidine rings is 1. The zero-order valence-corrected chi connectivity index (χ0v) is 17.8. The van der Waals surface area contributed by atoms with E-state index in [1.165, 1.54) is 6.42 Å². The van der Waals surface area contributed by atoms with Crippen molar-refractivity contribution < 1.29 is 9.47 Å². The van der Waals surface area contributed by atoms with E-state index in [0.717, 1.165) is 55.1 Å². The highest BCUT2D eigenvalue weighted by Gasteiger charge is 2.21. The minimum Gasteiger partial charge on any atom is -0.491 e. The first-order chi connectivity index (χ1) is 14.7. The van der Waals surface area contributed by atoms with Crippen molar-refractivity contribution >= 4 is 17.1 Å². The number of imidazole rings is 1. The summed E-state index contributed by atoms with van der Waals surface area (Å²) in [6, 6.07) is 11.5. The monoisotopic (exact) mass is 424 g/mol. The number of nitrogens with zero attached hydrogens (tertiary/aromatic N) is 4. The molecule has 1 aliphatic heterocycles. The van der Waals surface area contributed by atoms with Crippen LogP contribution in [0.1, 0.15) is 18.4 Å². The third-order valence-electron chi connectivity index (χ3n) is 5.61. The molecule has 1 unspecified atom stereocenters. The van der Waals surface area contributed by atoms with Crippen LogP contribution >= 0.6 is 11.6 Å². The van der Waals surface area contributed by atoms with Crippen molar-refractivity contribution in [1.29, 1.82) is 5.26 Å². The topological polar surface area (TPSA) is 62.8 Å². The second-order valence-electron chi connectivity index (χ2n) is 7.66. The third kappa shape index (κ3) is 4.44. The van der Waals surface area contributed by atoms with Crippen molar-refractivity contribution in [3.05, 3.63) is 53.6 Å². The van der Waals surface area contributed by atoms with E-state index in [4.69, 9.17) is 26.3 Å². The number of likely N-dealkylation sites (tertiary alicyclic amines) is 1. The fourth-order valence-electron chi connectivity index (χ4n) is 3.99. The van der Waals surface area contributed by atoms with Crippen molar-refractivity contribution in [2.75, 3.05) is 40.0 Å². The van der Waals surface area contributed by atoms with E-state index in [1.807, 2.05) is 22.6 Å². The molecule has 0 aliphatic carbocycles. The summed E-state index contributed by atoms with van der Waals surface area (Å²) in [5.41, 5.74) is 3.25. The normalized spacial score (nSPS) is 17.2. The molecule has 30 heavy (non-hydrogen) atoms. The molecule has 0 bridgehead atoms. The van der Waals surface area contributed by atoms with Crippen LogP contribution in [-0.4, -0.2) is 54.2 Å². The van der Waals surface area contributed by atoms with Crippen LogP contribution in [0, 0.1) is 17.2 Å². The van der Waals surface area contributed by atoms with E-state index >= 15 is 0 Å². The van der Waals surface area contributed by atoms with Gasteiger partial charge in [0.25, 0.3) is 0 Å². The summed E-state index contributed by atoms with van der Waals surface area (Å²) in [5, 5.41) is 9.62. The third-order valence-corrected chi connectivity index (χ3v) is 6.00. The molecule has 2 aromatic heterocycles. The quantitative estimate of drug-likeness (QED) is 0.530. The Hall–Kier alpha value is -2.59. The van der Waals surface area contributed by atoms with Crippen LogP contribution in [0.2, 0.25) is 5.15 Å². The van der Waals surface area contributed by atoms with E-state index in [9.17, 15) is 0 Å². The lowest BCUT2D eigenvalue weighted by molar-refractivity contribution is 0.0961. The molecule has 1 aromatic carbocycles. The molecular weight excluding hydrogens is 400 g/mol. The van der Waals surface area contributed by atoms with Crippen molar-refractivity contribution in [3.63, 3.8) is 0 Å². The molecule has 0 spiro atoms. The fourth-order valence-corrected chi connectivity index (χ4v) is 4.29. The Balaban J connectivity index is 1.56. The van der Waals surface area contributed by atoms with Gasteiger partial charge >= 0.3 is 0 Å². The second kappa shape index (κ2) is 9.48. The van der Waals surface area contributed by atoms with Gasteiger partial charge in [-0.05, 0) is 43.1 Å². The number of aromatic nitrogens is 2. The van der Waals surface area contributed by atoms with Crippen molar-refractivity contribution in [1.82, 2.24) is 14.3 Å². The average Bonchev–Trinajstić information content (AvgIpc) is 3.28. The Morgan fingerprint density at radius 1 is 1.30 bits per heavy atom. The van der Waals surface area contributed by atoms with Gasteiger partial charge in [-0.3, -0.25) is 4.40 Å². The highest BCUT2D eigenvalue weighted by atomic mass is 35.5. The second-order valence-corrected chi connectivity index (χ2v) is 8.02. The van der Waals surface area contributed by atoms with E-state index < -0.39 is 0 Å². The Morgan fingerprint density at radius 3 is 2.90 bits per heavy atom. The van der Waals surface area contributed by atoms with Gasteiger partial charge in [0, 0.05) is 31.7 Å². The molecule has 0 N–H and O–H groups in total. The number of benzene rings is 1. The van der Waals surface area contributed by atoms with Crippen LogP contribution in [0.4, 0.5) is 0 Å². The maximum absolute atomic E-state index is 9.05. The van der Waals surface area contributed by atoms with E-state index in [0.29, 0.717) is 23.2 Å². The number of methoxy groups -OCH3 is 1. The molecule has 7 heteroatoms. The molecule has 156 valence electrons. The summed E-state index contributed by atoms with van der Waals surface area (Å²) >= 11 is 6.66. The summed E-state index contributed by atoms with van der Waals surface area (Å²) in [5.74, 6) is 1.25. The molecule has 1 atom stereocenters. The summed E-state index contributed by atoms with van der Waals surface area (Å²) < 4.78 is 13.4. The first-order valence-corrected chi connectivity index (χ1v) is 10.6. The molecule has 0 amide bonds. The average molecular weight is 425 g/mol. The number of ether oxygens (including phenoxy) is 2. The first-order valence-electron chi connectivity index (χ1n) is 10.2. The van der Waals surface area contributed by atoms with Crippen LogP contribution in [0.25, 0.3) is 16.6 Å². The van der Waals surface area contributed by atoms with Crippen LogP contribution in [0.3, 0.4) is 0 Å². The highest BCUT2D eigenvalue weighted by Crippen LogP contribution is 2.35. The van der Waals surface area contributed by atoms with Crippen LogP contribution < -0.4 is 4.74 Å². The summed E-state index contributed by atoms with van der Waals surface area (Å²) in [6.45, 7) is 4.52. The largest absolute Gasteiger partial charge is 0.491 e. The van der Waals surface area contributed by atoms with E-state index in [1.54, 1.807) is 31.8 Å². The van der Waals surface area contributed by atoms with E-state index in [2.05, 4.69) is 16.0 Å². The molecule has 3 aromatic rings. The first kappa shape index (κ1) is 20.7. The molecular formula is C23H25ClN4O2. The molecule has 1 fully saturated rings. The lowest BCUT2D eigenvalue weighted by Crippen LogP contribution is -2.39. The molecule has 0 saturated carbocycles. The molecule has 3 heterocycles. The van der Waals surface area contributed by atoms with Crippen LogP contribution in [0.15, 0.2) is 42.9 Å². The van der Waals surface area contributed by atoms with Gasteiger partial charge in [0.2, 0.25) is 0 Å². The predicted octanol–water partition coefficient (Wildman–Crippen LogP) is 4.26. The van der Waals surface area contributed by atoms with Gasteiger partial charge in [-0.2, -0.15) is 5.26 Å². The SMILES string of the molecule is COCCN1CCCC(COc2cc(-c3ccc(C#N)cc3)c(Cl)n3cncc23)C1. The number of halogens is 1. The molecule has 6 nitrogen and oxygen atoms in total. The van der Waals surface area contributed by atoms with Crippen LogP contribution in [0.5, 0.6) is 5.75 Å². The van der Waals surface area contributed by atoms with Gasteiger partial charge in [-0.1, -0.05) is 23.7 Å². The zero-order valence-electron chi connectivity index (χ0n) is 17.1. The number of hydrogen-bond acceptors (Lipinski definition) is 5. The van der Waals surface area contributed by atoms with Gasteiger partial charge in [-0.15, -0.1) is 0 Å². The summed E-state index contributed by atoms with van der Waals surface area (Å²) in [7, 11) is 1.74. The maximum Gasteiger partial charge on any atom is 0.145 e.